The lowest BCUT2D eigenvalue weighted by Crippen LogP contribution is -2.34. The van der Waals surface area contributed by atoms with Gasteiger partial charge in [0, 0.05) is 17.9 Å². The summed E-state index contributed by atoms with van der Waals surface area (Å²) in [6.07, 6.45) is 2.96. The molecule has 3 fully saturated rings. The summed E-state index contributed by atoms with van der Waals surface area (Å²) in [4.78, 5) is 22.6. The summed E-state index contributed by atoms with van der Waals surface area (Å²) in [5.41, 5.74) is 0. The zero-order valence-corrected chi connectivity index (χ0v) is 8.93. The second-order valence-electron chi connectivity index (χ2n) is 4.89. The SMILES string of the molecule is C=CC(=O)OC1CC2C[C@H]1C1COC(=O)C21. The van der Waals surface area contributed by atoms with E-state index in [2.05, 4.69) is 6.58 Å². The first-order chi connectivity index (χ1) is 7.70. The van der Waals surface area contributed by atoms with E-state index in [-0.39, 0.29) is 29.9 Å². The zero-order chi connectivity index (χ0) is 11.3. The molecule has 4 unspecified atom stereocenters. The topological polar surface area (TPSA) is 52.6 Å². The van der Waals surface area contributed by atoms with Gasteiger partial charge in [-0.3, -0.25) is 4.79 Å². The molecule has 0 radical (unpaired) electrons. The molecule has 5 atom stereocenters. The van der Waals surface area contributed by atoms with E-state index in [0.29, 0.717) is 18.4 Å². The molecule has 1 heterocycles. The third-order valence-electron chi connectivity index (χ3n) is 4.23. The van der Waals surface area contributed by atoms with E-state index in [1.165, 1.54) is 6.08 Å². The fourth-order valence-corrected chi connectivity index (χ4v) is 3.63. The van der Waals surface area contributed by atoms with Crippen LogP contribution < -0.4 is 0 Å². The van der Waals surface area contributed by atoms with Crippen LogP contribution in [-0.4, -0.2) is 24.6 Å². The van der Waals surface area contributed by atoms with Gasteiger partial charge >= 0.3 is 11.9 Å². The quantitative estimate of drug-likeness (QED) is 0.515. The molecule has 0 spiro atoms. The third-order valence-corrected chi connectivity index (χ3v) is 4.23. The van der Waals surface area contributed by atoms with Gasteiger partial charge in [0.25, 0.3) is 0 Å². The predicted octanol–water partition coefficient (Wildman–Crippen LogP) is 0.913. The number of carbonyl (C=O) groups excluding carboxylic acids is 2. The summed E-state index contributed by atoms with van der Waals surface area (Å²) in [7, 11) is 0. The summed E-state index contributed by atoms with van der Waals surface area (Å²) in [6, 6.07) is 0. The van der Waals surface area contributed by atoms with Gasteiger partial charge in [0.15, 0.2) is 0 Å². The van der Waals surface area contributed by atoms with Gasteiger partial charge in [0.05, 0.1) is 12.5 Å². The highest BCUT2D eigenvalue weighted by molar-refractivity contribution is 5.81. The highest BCUT2D eigenvalue weighted by atomic mass is 16.6. The van der Waals surface area contributed by atoms with Crippen LogP contribution in [0.25, 0.3) is 0 Å². The van der Waals surface area contributed by atoms with Crippen molar-refractivity contribution >= 4 is 11.9 Å². The van der Waals surface area contributed by atoms with E-state index in [9.17, 15) is 9.59 Å². The van der Waals surface area contributed by atoms with E-state index in [0.717, 1.165) is 12.8 Å². The number of fused-ring (bicyclic) bond motifs is 5. The Kier molecular flexibility index (Phi) is 2.06. The maximum Gasteiger partial charge on any atom is 0.330 e. The second kappa shape index (κ2) is 3.34. The number of cyclic esters (lactones) is 1. The number of hydrogen-bond donors (Lipinski definition) is 0. The molecule has 86 valence electrons. The Morgan fingerprint density at radius 1 is 1.44 bits per heavy atom. The summed E-state index contributed by atoms with van der Waals surface area (Å²) in [5.74, 6) is 0.598. The van der Waals surface area contributed by atoms with Crippen molar-refractivity contribution in [2.24, 2.45) is 23.7 Å². The molecule has 2 aliphatic carbocycles. The first-order valence-corrected chi connectivity index (χ1v) is 5.70. The van der Waals surface area contributed by atoms with E-state index in [1.807, 2.05) is 0 Å². The minimum atomic E-state index is -0.362. The molecule has 4 nitrogen and oxygen atoms in total. The van der Waals surface area contributed by atoms with Crippen LogP contribution in [0, 0.1) is 23.7 Å². The summed E-state index contributed by atoms with van der Waals surface area (Å²) in [6.45, 7) is 3.90. The molecule has 1 aliphatic heterocycles. The van der Waals surface area contributed by atoms with Crippen LogP contribution in [0.15, 0.2) is 12.7 Å². The molecule has 0 N–H and O–H groups in total. The Bertz CT molecular complexity index is 362. The van der Waals surface area contributed by atoms with Crippen molar-refractivity contribution in [3.05, 3.63) is 12.7 Å². The van der Waals surface area contributed by atoms with Gasteiger partial charge in [-0.25, -0.2) is 4.79 Å². The molecule has 0 aromatic rings. The third kappa shape index (κ3) is 1.22. The van der Waals surface area contributed by atoms with Crippen molar-refractivity contribution in [2.45, 2.75) is 18.9 Å². The Labute approximate surface area is 93.6 Å². The number of rotatable bonds is 2. The van der Waals surface area contributed by atoms with Gasteiger partial charge in [-0.15, -0.1) is 0 Å². The normalized spacial score (nSPS) is 44.0. The van der Waals surface area contributed by atoms with Crippen LogP contribution in [0.5, 0.6) is 0 Å². The van der Waals surface area contributed by atoms with Crippen LogP contribution in [0.1, 0.15) is 12.8 Å². The van der Waals surface area contributed by atoms with Crippen LogP contribution in [0.4, 0.5) is 0 Å². The molecular formula is C12H14O4. The van der Waals surface area contributed by atoms with Gasteiger partial charge in [-0.2, -0.15) is 0 Å². The molecule has 2 bridgehead atoms. The van der Waals surface area contributed by atoms with Crippen LogP contribution in [-0.2, 0) is 19.1 Å². The molecule has 0 amide bonds. The van der Waals surface area contributed by atoms with Gasteiger partial charge in [0.2, 0.25) is 0 Å². The molecular weight excluding hydrogens is 208 g/mol. The van der Waals surface area contributed by atoms with Crippen LogP contribution in [0.2, 0.25) is 0 Å². The van der Waals surface area contributed by atoms with Crippen LogP contribution >= 0.6 is 0 Å². The molecule has 3 aliphatic rings. The van der Waals surface area contributed by atoms with Gasteiger partial charge in [-0.1, -0.05) is 6.58 Å². The Morgan fingerprint density at radius 3 is 3.00 bits per heavy atom. The van der Waals surface area contributed by atoms with E-state index >= 15 is 0 Å². The predicted molar refractivity (Wildman–Crippen MR) is 54.2 cm³/mol. The summed E-state index contributed by atoms with van der Waals surface area (Å²) in [5, 5.41) is 0. The maximum absolute atomic E-state index is 11.5. The second-order valence-corrected chi connectivity index (χ2v) is 4.89. The Morgan fingerprint density at radius 2 is 2.25 bits per heavy atom. The number of ether oxygens (including phenoxy) is 2. The van der Waals surface area contributed by atoms with Crippen molar-refractivity contribution < 1.29 is 19.1 Å². The average Bonchev–Trinajstić information content (AvgIpc) is 2.91. The monoisotopic (exact) mass is 222 g/mol. The van der Waals surface area contributed by atoms with Crippen molar-refractivity contribution in [2.75, 3.05) is 6.61 Å². The van der Waals surface area contributed by atoms with Crippen molar-refractivity contribution in [1.29, 1.82) is 0 Å². The average molecular weight is 222 g/mol. The summed E-state index contributed by atoms with van der Waals surface area (Å²) < 4.78 is 10.4. The van der Waals surface area contributed by atoms with Crippen molar-refractivity contribution in [3.63, 3.8) is 0 Å². The zero-order valence-electron chi connectivity index (χ0n) is 8.93. The highest BCUT2D eigenvalue weighted by Gasteiger charge is 2.59. The van der Waals surface area contributed by atoms with Crippen molar-refractivity contribution in [3.8, 4) is 0 Å². The molecule has 1 saturated heterocycles. The van der Waals surface area contributed by atoms with E-state index in [4.69, 9.17) is 9.47 Å². The number of esters is 2. The highest BCUT2D eigenvalue weighted by Crippen LogP contribution is 2.55. The van der Waals surface area contributed by atoms with Crippen molar-refractivity contribution in [1.82, 2.24) is 0 Å². The smallest absolute Gasteiger partial charge is 0.330 e. The van der Waals surface area contributed by atoms with E-state index in [1.54, 1.807) is 0 Å². The molecule has 0 aromatic heterocycles. The minimum absolute atomic E-state index is 0.0359. The largest absolute Gasteiger partial charge is 0.465 e. The lowest BCUT2D eigenvalue weighted by molar-refractivity contribution is -0.147. The first kappa shape index (κ1) is 9.87. The lowest BCUT2D eigenvalue weighted by atomic mass is 9.80. The minimum Gasteiger partial charge on any atom is -0.465 e. The standard InChI is InChI=1S/C12H14O4/c1-2-10(13)16-9-4-6-3-7(9)8-5-15-12(14)11(6)8/h2,6-9,11H,1,3-5H2/t6?,7-,8?,9?,11?/m0/s1. The van der Waals surface area contributed by atoms with Crippen LogP contribution in [0.3, 0.4) is 0 Å². The molecule has 2 saturated carbocycles. The molecule has 4 heteroatoms. The number of hydrogen-bond acceptors (Lipinski definition) is 4. The molecule has 3 rings (SSSR count). The van der Waals surface area contributed by atoms with Gasteiger partial charge in [-0.05, 0) is 18.8 Å². The van der Waals surface area contributed by atoms with E-state index < -0.39 is 0 Å². The Balaban J connectivity index is 1.74. The fourth-order valence-electron chi connectivity index (χ4n) is 3.63. The Hall–Kier alpha value is -1.32. The fraction of sp³-hybridized carbons (Fsp3) is 0.667. The maximum atomic E-state index is 11.5. The number of carbonyl (C=O) groups is 2. The van der Waals surface area contributed by atoms with Gasteiger partial charge < -0.3 is 9.47 Å². The summed E-state index contributed by atoms with van der Waals surface area (Å²) >= 11 is 0. The molecule has 0 aromatic carbocycles. The first-order valence-electron chi connectivity index (χ1n) is 5.70. The lowest BCUT2D eigenvalue weighted by Gasteiger charge is -2.27. The molecule has 16 heavy (non-hydrogen) atoms. The van der Waals surface area contributed by atoms with Gasteiger partial charge in [0.1, 0.15) is 6.10 Å².